The first-order chi connectivity index (χ1) is 16.9. The van der Waals surface area contributed by atoms with Crippen molar-refractivity contribution in [2.45, 2.75) is 41.9 Å². The van der Waals surface area contributed by atoms with E-state index in [0.717, 1.165) is 66.0 Å². The molecule has 0 aliphatic carbocycles. The molecule has 0 fully saturated rings. The number of fused-ring (bicyclic) bond motifs is 5. The van der Waals surface area contributed by atoms with Gasteiger partial charge in [0.25, 0.3) is 0 Å². The average Bonchev–Trinajstić information content (AvgIpc) is 3.30. The van der Waals surface area contributed by atoms with Crippen LogP contribution in [0.2, 0.25) is 0 Å². The molecule has 2 aromatic carbocycles. The minimum atomic E-state index is -1.60. The largest absolute Gasteiger partial charge is 0.493 e. The summed E-state index contributed by atoms with van der Waals surface area (Å²) in [7, 11) is 1.63. The highest BCUT2D eigenvalue weighted by Crippen LogP contribution is 2.56. The molecule has 188 valence electrons. The molecule has 1 atom stereocenters. The monoisotopic (exact) mass is 557 g/mol. The first-order valence-electron chi connectivity index (χ1n) is 11.8. The number of benzene rings is 2. The standard InChI is InChI=1S/C26H27Cl4NO4/c1-32-20-7-6-17-12-19-18-14-22-21(34-15-35-22)13-16(18)8-10-31(19)25(26(28,29)30)23(17)24(20)33-11-5-3-2-4-9-27/h6-7,12-14,25H,2-5,8-11,15H2,1H3/t25-/m1/s1. The van der Waals surface area contributed by atoms with Crippen molar-refractivity contribution in [3.05, 3.63) is 46.5 Å². The van der Waals surface area contributed by atoms with Gasteiger partial charge in [-0.2, -0.15) is 0 Å². The van der Waals surface area contributed by atoms with Crippen LogP contribution in [0.3, 0.4) is 0 Å². The average molecular weight is 559 g/mol. The van der Waals surface area contributed by atoms with E-state index in [4.69, 9.17) is 65.4 Å². The number of methoxy groups -OCH3 is 1. The van der Waals surface area contributed by atoms with Gasteiger partial charge in [-0.1, -0.05) is 53.7 Å². The SMILES string of the molecule is COc1ccc2c(c1OCCCCCCCl)[C@H](C(Cl)(Cl)Cl)N1CCc3cc4c(cc3C1=C2)OCO4. The van der Waals surface area contributed by atoms with Gasteiger partial charge in [-0.05, 0) is 54.7 Å². The minimum absolute atomic E-state index is 0.229. The number of rotatable bonds is 8. The van der Waals surface area contributed by atoms with Crippen molar-refractivity contribution in [3.8, 4) is 23.0 Å². The van der Waals surface area contributed by atoms with Gasteiger partial charge in [0.1, 0.15) is 6.04 Å². The molecular formula is C26H27Cl4NO4. The van der Waals surface area contributed by atoms with E-state index in [0.29, 0.717) is 30.5 Å². The van der Waals surface area contributed by atoms with Gasteiger partial charge in [-0.3, -0.25) is 0 Å². The lowest BCUT2D eigenvalue weighted by Gasteiger charge is -2.46. The van der Waals surface area contributed by atoms with Crippen molar-refractivity contribution >= 4 is 58.2 Å². The molecule has 0 N–H and O–H groups in total. The fraction of sp³-hybridized carbons (Fsp3) is 0.462. The third kappa shape index (κ3) is 4.85. The van der Waals surface area contributed by atoms with Crippen LogP contribution in [0.4, 0.5) is 0 Å². The quantitative estimate of drug-likeness (QED) is 0.249. The van der Waals surface area contributed by atoms with Crippen LogP contribution in [0.15, 0.2) is 24.3 Å². The van der Waals surface area contributed by atoms with E-state index in [1.165, 1.54) is 5.56 Å². The first-order valence-corrected chi connectivity index (χ1v) is 13.5. The number of ether oxygens (including phenoxy) is 4. The molecule has 2 aromatic rings. The fourth-order valence-corrected chi connectivity index (χ4v) is 5.92. The Labute approximate surface area is 225 Å². The summed E-state index contributed by atoms with van der Waals surface area (Å²) in [4.78, 5) is 2.16. The Morgan fingerprint density at radius 2 is 1.83 bits per heavy atom. The van der Waals surface area contributed by atoms with E-state index >= 15 is 0 Å². The van der Waals surface area contributed by atoms with Crippen LogP contribution in [0.5, 0.6) is 23.0 Å². The van der Waals surface area contributed by atoms with Crippen LogP contribution in [0.25, 0.3) is 11.8 Å². The number of hydrogen-bond donors (Lipinski definition) is 0. The van der Waals surface area contributed by atoms with Crippen LogP contribution in [0.1, 0.15) is 54.0 Å². The molecule has 0 unspecified atom stereocenters. The highest BCUT2D eigenvalue weighted by molar-refractivity contribution is 6.68. The number of hydrogen-bond acceptors (Lipinski definition) is 5. The number of nitrogens with zero attached hydrogens (tertiary/aromatic N) is 1. The Balaban J connectivity index is 1.56. The molecule has 0 spiro atoms. The zero-order chi connectivity index (χ0) is 24.6. The molecule has 0 saturated carbocycles. The van der Waals surface area contributed by atoms with Crippen LogP contribution < -0.4 is 18.9 Å². The highest BCUT2D eigenvalue weighted by Gasteiger charge is 2.46. The number of unbranched alkanes of at least 4 members (excludes halogenated alkanes) is 3. The molecule has 0 amide bonds. The van der Waals surface area contributed by atoms with Crippen molar-refractivity contribution in [2.75, 3.05) is 32.9 Å². The number of halogens is 4. The Hall–Kier alpha value is -1.66. The zero-order valence-electron chi connectivity index (χ0n) is 19.4. The predicted octanol–water partition coefficient (Wildman–Crippen LogP) is 7.38. The summed E-state index contributed by atoms with van der Waals surface area (Å²) < 4.78 is 21.6. The van der Waals surface area contributed by atoms with Gasteiger partial charge < -0.3 is 23.8 Å². The van der Waals surface area contributed by atoms with Gasteiger partial charge in [-0.25, -0.2) is 0 Å². The molecule has 5 rings (SSSR count). The van der Waals surface area contributed by atoms with Crippen molar-refractivity contribution in [2.24, 2.45) is 0 Å². The molecule has 0 radical (unpaired) electrons. The molecule has 3 aliphatic heterocycles. The summed E-state index contributed by atoms with van der Waals surface area (Å²) >= 11 is 25.8. The van der Waals surface area contributed by atoms with Crippen LogP contribution >= 0.6 is 46.4 Å². The summed E-state index contributed by atoms with van der Waals surface area (Å²) in [6, 6.07) is 7.44. The summed E-state index contributed by atoms with van der Waals surface area (Å²) in [5.74, 6) is 3.45. The molecule has 35 heavy (non-hydrogen) atoms. The van der Waals surface area contributed by atoms with E-state index < -0.39 is 9.83 Å². The zero-order valence-corrected chi connectivity index (χ0v) is 22.4. The molecule has 0 saturated heterocycles. The number of alkyl halides is 4. The second kappa shape index (κ2) is 10.4. The van der Waals surface area contributed by atoms with Gasteiger partial charge in [-0.15, -0.1) is 11.6 Å². The van der Waals surface area contributed by atoms with Gasteiger partial charge >= 0.3 is 0 Å². The summed E-state index contributed by atoms with van der Waals surface area (Å²) in [5.41, 5.74) is 5.01. The topological polar surface area (TPSA) is 40.2 Å². The summed E-state index contributed by atoms with van der Waals surface area (Å²) in [5, 5.41) is 0. The van der Waals surface area contributed by atoms with E-state index in [1.807, 2.05) is 18.2 Å². The van der Waals surface area contributed by atoms with Crippen LogP contribution in [-0.2, 0) is 6.42 Å². The van der Waals surface area contributed by atoms with E-state index in [2.05, 4.69) is 17.0 Å². The van der Waals surface area contributed by atoms with Gasteiger partial charge in [0.2, 0.25) is 10.6 Å². The molecule has 9 heteroatoms. The minimum Gasteiger partial charge on any atom is -0.493 e. The van der Waals surface area contributed by atoms with Gasteiger partial charge in [0.15, 0.2) is 23.0 Å². The Bertz CT molecular complexity index is 1130. The van der Waals surface area contributed by atoms with Crippen molar-refractivity contribution < 1.29 is 18.9 Å². The molecular weight excluding hydrogens is 532 g/mol. The highest BCUT2D eigenvalue weighted by atomic mass is 35.6. The van der Waals surface area contributed by atoms with Crippen LogP contribution in [-0.4, -0.2) is 41.6 Å². The van der Waals surface area contributed by atoms with E-state index in [9.17, 15) is 0 Å². The molecule has 0 bridgehead atoms. The van der Waals surface area contributed by atoms with E-state index in [-0.39, 0.29) is 6.79 Å². The lowest BCUT2D eigenvalue weighted by Crippen LogP contribution is -2.41. The fourth-order valence-electron chi connectivity index (χ4n) is 5.05. The van der Waals surface area contributed by atoms with Gasteiger partial charge in [0.05, 0.1) is 13.7 Å². The first kappa shape index (κ1) is 25.0. The predicted molar refractivity (Wildman–Crippen MR) is 142 cm³/mol. The maximum absolute atomic E-state index is 6.67. The van der Waals surface area contributed by atoms with Crippen molar-refractivity contribution in [3.63, 3.8) is 0 Å². The molecule has 0 aromatic heterocycles. The Morgan fingerprint density at radius 3 is 2.57 bits per heavy atom. The molecule has 5 nitrogen and oxygen atoms in total. The van der Waals surface area contributed by atoms with Gasteiger partial charge in [0, 0.05) is 29.2 Å². The van der Waals surface area contributed by atoms with E-state index in [1.54, 1.807) is 7.11 Å². The van der Waals surface area contributed by atoms with Crippen molar-refractivity contribution in [1.82, 2.24) is 4.90 Å². The Morgan fingerprint density at radius 1 is 1.06 bits per heavy atom. The Kier molecular flexibility index (Phi) is 7.41. The second-order valence-electron chi connectivity index (χ2n) is 8.83. The summed E-state index contributed by atoms with van der Waals surface area (Å²) in [6.45, 7) is 1.46. The smallest absolute Gasteiger partial charge is 0.231 e. The summed E-state index contributed by atoms with van der Waals surface area (Å²) in [6.07, 6.45) is 6.96. The molecule has 3 heterocycles. The normalized spacial score (nSPS) is 17.9. The second-order valence-corrected chi connectivity index (χ2v) is 11.6. The maximum Gasteiger partial charge on any atom is 0.231 e. The maximum atomic E-state index is 6.67. The lowest BCUT2D eigenvalue weighted by molar-refractivity contribution is 0.174. The third-order valence-electron chi connectivity index (χ3n) is 6.68. The lowest BCUT2D eigenvalue weighted by atomic mass is 9.86. The van der Waals surface area contributed by atoms with Crippen LogP contribution in [0, 0.1) is 0 Å². The van der Waals surface area contributed by atoms with Crippen molar-refractivity contribution in [1.29, 1.82) is 0 Å². The third-order valence-corrected chi connectivity index (χ3v) is 7.57. The molecule has 3 aliphatic rings.